The van der Waals surface area contributed by atoms with Gasteiger partial charge in [0.25, 0.3) is 5.91 Å². The summed E-state index contributed by atoms with van der Waals surface area (Å²) < 4.78 is 11.5. The molecule has 3 aromatic rings. The molecule has 9 nitrogen and oxygen atoms in total. The van der Waals surface area contributed by atoms with E-state index in [1.807, 2.05) is 30.3 Å². The third-order valence-corrected chi connectivity index (χ3v) is 6.05. The van der Waals surface area contributed by atoms with E-state index in [9.17, 15) is 19.9 Å². The van der Waals surface area contributed by atoms with Crippen LogP contribution in [0.1, 0.15) is 41.6 Å². The Hall–Kier alpha value is -3.72. The number of nitrogens with one attached hydrogen (secondary N) is 1. The molecule has 1 saturated carbocycles. The maximum Gasteiger partial charge on any atom is 0.339 e. The third kappa shape index (κ3) is 3.23. The standard InChI is InChI=1S/C22H19N3O6/c26-19-15-6-11-25(29)13-16(15)22(30-19)9-7-21(28,8-10-22)20(27)23-18-12-17(31-24-18)14-4-2-1-3-5-14/h1-6,11-13,28H,7-10H2,(H,23,24,27). The molecule has 3 heterocycles. The van der Waals surface area contributed by atoms with Gasteiger partial charge in [0.15, 0.2) is 24.0 Å². The average Bonchev–Trinajstić information content (AvgIpc) is 3.34. The van der Waals surface area contributed by atoms with Crippen LogP contribution >= 0.6 is 0 Å². The quantitative estimate of drug-likeness (QED) is 0.377. The Morgan fingerprint density at radius 1 is 1.16 bits per heavy atom. The molecule has 1 aliphatic heterocycles. The van der Waals surface area contributed by atoms with E-state index >= 15 is 0 Å². The first kappa shape index (κ1) is 19.3. The summed E-state index contributed by atoms with van der Waals surface area (Å²) >= 11 is 0. The fraction of sp³-hybridized carbons (Fsp3) is 0.273. The van der Waals surface area contributed by atoms with Crippen LogP contribution in [0.15, 0.2) is 59.4 Å². The predicted molar refractivity (Wildman–Crippen MR) is 106 cm³/mol. The van der Waals surface area contributed by atoms with E-state index in [0.717, 1.165) is 5.56 Å². The lowest BCUT2D eigenvalue weighted by atomic mass is 9.73. The summed E-state index contributed by atoms with van der Waals surface area (Å²) in [7, 11) is 0. The number of benzene rings is 1. The van der Waals surface area contributed by atoms with E-state index in [-0.39, 0.29) is 31.5 Å². The molecule has 1 aromatic carbocycles. The van der Waals surface area contributed by atoms with Crippen LogP contribution in [0.25, 0.3) is 11.3 Å². The number of esters is 1. The minimum absolute atomic E-state index is 0.0582. The van der Waals surface area contributed by atoms with Gasteiger partial charge in [0, 0.05) is 17.7 Å². The molecule has 1 fully saturated rings. The summed E-state index contributed by atoms with van der Waals surface area (Å²) in [6.07, 6.45) is 3.12. The number of carbonyl (C=O) groups is 2. The molecule has 1 amide bonds. The van der Waals surface area contributed by atoms with Crippen LogP contribution in [0, 0.1) is 5.21 Å². The zero-order chi connectivity index (χ0) is 21.6. The van der Waals surface area contributed by atoms with E-state index in [1.165, 1.54) is 18.5 Å². The van der Waals surface area contributed by atoms with E-state index < -0.39 is 23.1 Å². The summed E-state index contributed by atoms with van der Waals surface area (Å²) in [4.78, 5) is 25.0. The van der Waals surface area contributed by atoms with Gasteiger partial charge in [-0.05, 0) is 25.7 Å². The Kier molecular flexibility index (Phi) is 4.30. The van der Waals surface area contributed by atoms with Gasteiger partial charge in [-0.2, -0.15) is 4.73 Å². The number of carbonyl (C=O) groups excluding carboxylic acids is 2. The largest absolute Gasteiger partial charge is 0.619 e. The van der Waals surface area contributed by atoms with Crippen molar-refractivity contribution < 1.29 is 28.7 Å². The van der Waals surface area contributed by atoms with Crippen LogP contribution in [0.5, 0.6) is 0 Å². The number of hydrogen-bond donors (Lipinski definition) is 2. The Bertz CT molecular complexity index is 1160. The Balaban J connectivity index is 1.30. The van der Waals surface area contributed by atoms with Crippen molar-refractivity contribution in [1.29, 1.82) is 0 Å². The van der Waals surface area contributed by atoms with Crippen molar-refractivity contribution in [3.8, 4) is 11.3 Å². The number of nitrogens with zero attached hydrogens (tertiary/aromatic N) is 2. The molecule has 9 heteroatoms. The van der Waals surface area contributed by atoms with Gasteiger partial charge in [-0.3, -0.25) is 4.79 Å². The zero-order valence-corrected chi connectivity index (χ0v) is 16.4. The fourth-order valence-corrected chi connectivity index (χ4v) is 4.28. The van der Waals surface area contributed by atoms with Crippen LogP contribution in [0.2, 0.25) is 0 Å². The normalized spacial score (nSPS) is 24.6. The number of ether oxygens (including phenoxy) is 1. The summed E-state index contributed by atoms with van der Waals surface area (Å²) in [5.41, 5.74) is -1.000. The SMILES string of the molecule is O=C1OC2(CCC(O)(C(=O)Nc3cc(-c4ccccc4)on3)CC2)c2c[n+]([O-])ccc21. The van der Waals surface area contributed by atoms with Crippen molar-refractivity contribution in [2.75, 3.05) is 5.32 Å². The Morgan fingerprint density at radius 2 is 1.90 bits per heavy atom. The average molecular weight is 421 g/mol. The third-order valence-electron chi connectivity index (χ3n) is 6.05. The number of amides is 1. The van der Waals surface area contributed by atoms with Crippen LogP contribution in [0.3, 0.4) is 0 Å². The lowest BCUT2D eigenvalue weighted by Crippen LogP contribution is -2.49. The first-order valence-corrected chi connectivity index (χ1v) is 9.91. The first-order chi connectivity index (χ1) is 14.9. The fourth-order valence-electron chi connectivity index (χ4n) is 4.28. The number of pyridine rings is 1. The summed E-state index contributed by atoms with van der Waals surface area (Å²) in [5.74, 6) is -0.415. The molecule has 0 unspecified atom stereocenters. The van der Waals surface area contributed by atoms with E-state index in [4.69, 9.17) is 9.26 Å². The van der Waals surface area contributed by atoms with E-state index in [2.05, 4.69) is 10.5 Å². The molecule has 0 bridgehead atoms. The molecule has 158 valence electrons. The molecular weight excluding hydrogens is 402 g/mol. The van der Waals surface area contributed by atoms with Crippen molar-refractivity contribution in [1.82, 2.24) is 5.16 Å². The minimum Gasteiger partial charge on any atom is -0.619 e. The predicted octanol–water partition coefficient (Wildman–Crippen LogP) is 2.28. The Morgan fingerprint density at radius 3 is 2.65 bits per heavy atom. The lowest BCUT2D eigenvalue weighted by molar-refractivity contribution is -0.606. The van der Waals surface area contributed by atoms with Crippen LogP contribution in [-0.4, -0.2) is 27.7 Å². The molecule has 1 aliphatic carbocycles. The molecule has 0 radical (unpaired) electrons. The number of fused-ring (bicyclic) bond motifs is 2. The number of aliphatic hydroxyl groups is 1. The molecule has 5 rings (SSSR count). The van der Waals surface area contributed by atoms with Crippen LogP contribution < -0.4 is 10.0 Å². The van der Waals surface area contributed by atoms with E-state index in [0.29, 0.717) is 21.6 Å². The minimum atomic E-state index is -1.66. The molecule has 31 heavy (non-hydrogen) atoms. The van der Waals surface area contributed by atoms with Gasteiger partial charge < -0.3 is 24.9 Å². The van der Waals surface area contributed by atoms with Crippen molar-refractivity contribution in [2.24, 2.45) is 0 Å². The number of hydrogen-bond acceptors (Lipinski definition) is 7. The topological polar surface area (TPSA) is 129 Å². The summed E-state index contributed by atoms with van der Waals surface area (Å²) in [6, 6.07) is 12.3. The highest BCUT2D eigenvalue weighted by Gasteiger charge is 2.54. The summed E-state index contributed by atoms with van der Waals surface area (Å²) in [6.45, 7) is 0. The van der Waals surface area contributed by atoms with Crippen molar-refractivity contribution >= 4 is 17.7 Å². The van der Waals surface area contributed by atoms with Crippen LogP contribution in [0.4, 0.5) is 5.82 Å². The number of anilines is 1. The molecule has 2 aliphatic rings. The molecule has 2 aromatic heterocycles. The smallest absolute Gasteiger partial charge is 0.339 e. The van der Waals surface area contributed by atoms with Gasteiger partial charge in [0.1, 0.15) is 11.2 Å². The highest BCUT2D eigenvalue weighted by molar-refractivity contribution is 5.97. The van der Waals surface area contributed by atoms with Crippen molar-refractivity contribution in [3.63, 3.8) is 0 Å². The highest BCUT2D eigenvalue weighted by atomic mass is 16.6. The molecular formula is C22H19N3O6. The monoisotopic (exact) mass is 421 g/mol. The first-order valence-electron chi connectivity index (χ1n) is 9.91. The maximum absolute atomic E-state index is 12.8. The Labute approximate surface area is 176 Å². The van der Waals surface area contributed by atoms with Gasteiger partial charge in [0.05, 0.1) is 11.1 Å². The lowest BCUT2D eigenvalue weighted by Gasteiger charge is -2.39. The molecule has 1 spiro atoms. The van der Waals surface area contributed by atoms with Crippen molar-refractivity contribution in [2.45, 2.75) is 36.9 Å². The van der Waals surface area contributed by atoms with E-state index in [1.54, 1.807) is 6.07 Å². The van der Waals surface area contributed by atoms with Gasteiger partial charge >= 0.3 is 5.97 Å². The molecule has 0 atom stereocenters. The maximum atomic E-state index is 12.8. The van der Waals surface area contributed by atoms with Gasteiger partial charge in [-0.1, -0.05) is 35.5 Å². The number of aromatic nitrogens is 2. The zero-order valence-electron chi connectivity index (χ0n) is 16.4. The van der Waals surface area contributed by atoms with Crippen molar-refractivity contribution in [3.05, 3.63) is 71.2 Å². The van der Waals surface area contributed by atoms with Gasteiger partial charge in [-0.15, -0.1) is 0 Å². The number of rotatable bonds is 3. The van der Waals surface area contributed by atoms with Gasteiger partial charge in [-0.25, -0.2) is 4.79 Å². The second-order valence-electron chi connectivity index (χ2n) is 7.94. The second-order valence-corrected chi connectivity index (χ2v) is 7.94. The van der Waals surface area contributed by atoms with Gasteiger partial charge in [0.2, 0.25) is 0 Å². The summed E-state index contributed by atoms with van der Waals surface area (Å²) in [5, 5.41) is 29.1. The second kappa shape index (κ2) is 6.92. The highest BCUT2D eigenvalue weighted by Crippen LogP contribution is 2.48. The van der Waals surface area contributed by atoms with Crippen LogP contribution in [-0.2, 0) is 15.1 Å². The molecule has 0 saturated heterocycles. The molecule has 2 N–H and O–H groups in total.